The van der Waals surface area contributed by atoms with Crippen molar-refractivity contribution in [2.24, 2.45) is 5.10 Å². The number of hydrazone groups is 1. The number of aromatic nitrogens is 2. The summed E-state index contributed by atoms with van der Waals surface area (Å²) in [6, 6.07) is 15.4. The number of rotatable bonds is 4. The fraction of sp³-hybridized carbons (Fsp3) is 0. The predicted molar refractivity (Wildman–Crippen MR) is 92.2 cm³/mol. The van der Waals surface area contributed by atoms with Crippen molar-refractivity contribution < 1.29 is 9.90 Å². The maximum Gasteiger partial charge on any atom is 0.289 e. The number of carbonyl (C=O) groups excluding carboxylic acids is 1. The third kappa shape index (κ3) is 3.61. The molecule has 1 amide bonds. The van der Waals surface area contributed by atoms with Crippen LogP contribution in [0.5, 0.6) is 5.75 Å². The van der Waals surface area contributed by atoms with Gasteiger partial charge in [0.25, 0.3) is 5.91 Å². The molecule has 24 heavy (non-hydrogen) atoms. The summed E-state index contributed by atoms with van der Waals surface area (Å²) >= 11 is 6.11. The highest BCUT2D eigenvalue weighted by Gasteiger charge is 2.12. The monoisotopic (exact) mass is 340 g/mol. The number of phenolic OH excluding ortho intramolecular Hbond substituents is 1. The lowest BCUT2D eigenvalue weighted by Crippen LogP contribution is -2.17. The zero-order valence-corrected chi connectivity index (χ0v) is 13.2. The topological polar surface area (TPSA) is 90.4 Å². The number of amides is 1. The summed E-state index contributed by atoms with van der Waals surface area (Å²) in [5.74, 6) is -0.305. The number of carbonyl (C=O) groups is 1. The summed E-state index contributed by atoms with van der Waals surface area (Å²) in [5.41, 5.74) is 4.62. The van der Waals surface area contributed by atoms with Crippen LogP contribution in [0.15, 0.2) is 59.7 Å². The van der Waals surface area contributed by atoms with Crippen LogP contribution in [0.25, 0.3) is 11.3 Å². The maximum atomic E-state index is 12.1. The summed E-state index contributed by atoms with van der Waals surface area (Å²) in [6.45, 7) is 0. The fourth-order valence-corrected chi connectivity index (χ4v) is 2.31. The number of H-pyrrole nitrogens is 1. The smallest absolute Gasteiger partial charge is 0.289 e. The summed E-state index contributed by atoms with van der Waals surface area (Å²) in [7, 11) is 0. The molecule has 0 aliphatic heterocycles. The van der Waals surface area contributed by atoms with Crippen LogP contribution in [0.3, 0.4) is 0 Å². The quantitative estimate of drug-likeness (QED) is 0.503. The van der Waals surface area contributed by atoms with Crippen molar-refractivity contribution in [3.63, 3.8) is 0 Å². The Balaban J connectivity index is 1.69. The standard InChI is InChI=1S/C17H13ClN4O2/c18-14-7-2-1-6-13(14)15-9-16(21-20-15)17(24)22-19-10-11-4-3-5-12(23)8-11/h1-10,23H,(H,20,21)(H,22,24)/b19-10+. The van der Waals surface area contributed by atoms with Gasteiger partial charge < -0.3 is 5.11 Å². The first-order valence-corrected chi connectivity index (χ1v) is 7.44. The molecule has 2 aromatic carbocycles. The van der Waals surface area contributed by atoms with Crippen molar-refractivity contribution in [2.75, 3.05) is 0 Å². The number of nitrogens with one attached hydrogen (secondary N) is 2. The third-order valence-electron chi connectivity index (χ3n) is 3.22. The third-order valence-corrected chi connectivity index (χ3v) is 3.55. The number of hydrogen-bond donors (Lipinski definition) is 3. The lowest BCUT2D eigenvalue weighted by molar-refractivity contribution is 0.0950. The van der Waals surface area contributed by atoms with Gasteiger partial charge in [0.1, 0.15) is 11.4 Å². The highest BCUT2D eigenvalue weighted by atomic mass is 35.5. The van der Waals surface area contributed by atoms with E-state index in [2.05, 4.69) is 20.7 Å². The Morgan fingerprint density at radius 2 is 2.04 bits per heavy atom. The van der Waals surface area contributed by atoms with Crippen molar-refractivity contribution in [2.45, 2.75) is 0 Å². The molecule has 0 aliphatic rings. The van der Waals surface area contributed by atoms with Crippen molar-refractivity contribution in [1.29, 1.82) is 0 Å². The van der Waals surface area contributed by atoms with E-state index in [0.717, 1.165) is 5.56 Å². The van der Waals surface area contributed by atoms with E-state index in [-0.39, 0.29) is 11.4 Å². The van der Waals surface area contributed by atoms with Crippen molar-refractivity contribution in [3.05, 3.63) is 70.9 Å². The van der Waals surface area contributed by atoms with Crippen LogP contribution >= 0.6 is 11.6 Å². The lowest BCUT2D eigenvalue weighted by atomic mass is 10.1. The normalized spacial score (nSPS) is 10.9. The Morgan fingerprint density at radius 3 is 2.83 bits per heavy atom. The minimum Gasteiger partial charge on any atom is -0.508 e. The molecule has 6 nitrogen and oxygen atoms in total. The number of halogens is 1. The van der Waals surface area contributed by atoms with Gasteiger partial charge in [-0.05, 0) is 29.8 Å². The first kappa shape index (κ1) is 15.8. The van der Waals surface area contributed by atoms with E-state index in [1.807, 2.05) is 18.2 Å². The van der Waals surface area contributed by atoms with Gasteiger partial charge >= 0.3 is 0 Å². The Kier molecular flexibility index (Phi) is 4.58. The second-order valence-electron chi connectivity index (χ2n) is 4.94. The Labute approximate surface area is 142 Å². The number of phenols is 1. The average molecular weight is 341 g/mol. The molecule has 0 aliphatic carbocycles. The molecule has 120 valence electrons. The van der Waals surface area contributed by atoms with Crippen LogP contribution < -0.4 is 5.43 Å². The van der Waals surface area contributed by atoms with Gasteiger partial charge in [-0.2, -0.15) is 10.2 Å². The first-order valence-electron chi connectivity index (χ1n) is 7.06. The summed E-state index contributed by atoms with van der Waals surface area (Å²) < 4.78 is 0. The second kappa shape index (κ2) is 6.97. The molecular formula is C17H13ClN4O2. The van der Waals surface area contributed by atoms with Crippen LogP contribution in [-0.4, -0.2) is 27.4 Å². The highest BCUT2D eigenvalue weighted by molar-refractivity contribution is 6.33. The molecule has 0 saturated heterocycles. The molecule has 0 fully saturated rings. The summed E-state index contributed by atoms with van der Waals surface area (Å²) in [6.07, 6.45) is 1.43. The lowest BCUT2D eigenvalue weighted by Gasteiger charge is -1.98. The molecule has 3 N–H and O–H groups in total. The molecule has 1 aromatic heterocycles. The zero-order chi connectivity index (χ0) is 16.9. The van der Waals surface area contributed by atoms with Gasteiger partial charge in [0.15, 0.2) is 0 Å². The number of aromatic hydroxyl groups is 1. The van der Waals surface area contributed by atoms with E-state index < -0.39 is 5.91 Å². The number of hydrogen-bond acceptors (Lipinski definition) is 4. The largest absolute Gasteiger partial charge is 0.508 e. The van der Waals surface area contributed by atoms with E-state index in [1.54, 1.807) is 30.3 Å². The molecule has 0 bridgehead atoms. The van der Waals surface area contributed by atoms with Gasteiger partial charge in [-0.15, -0.1) is 0 Å². The molecule has 3 rings (SSSR count). The van der Waals surface area contributed by atoms with E-state index in [1.165, 1.54) is 12.3 Å². The molecular weight excluding hydrogens is 328 g/mol. The first-order chi connectivity index (χ1) is 11.6. The van der Waals surface area contributed by atoms with E-state index >= 15 is 0 Å². The zero-order valence-electron chi connectivity index (χ0n) is 12.4. The minimum absolute atomic E-state index is 0.128. The van der Waals surface area contributed by atoms with Gasteiger partial charge in [0, 0.05) is 5.56 Å². The predicted octanol–water partition coefficient (Wildman–Crippen LogP) is 3.20. The van der Waals surface area contributed by atoms with Crippen LogP contribution in [0.4, 0.5) is 0 Å². The Morgan fingerprint density at radius 1 is 1.21 bits per heavy atom. The van der Waals surface area contributed by atoms with Gasteiger partial charge in [0.2, 0.25) is 0 Å². The highest BCUT2D eigenvalue weighted by Crippen LogP contribution is 2.26. The van der Waals surface area contributed by atoms with E-state index in [0.29, 0.717) is 16.3 Å². The maximum absolute atomic E-state index is 12.1. The fourth-order valence-electron chi connectivity index (χ4n) is 2.08. The van der Waals surface area contributed by atoms with Crippen molar-refractivity contribution >= 4 is 23.7 Å². The van der Waals surface area contributed by atoms with Gasteiger partial charge in [-0.25, -0.2) is 5.43 Å². The molecule has 0 unspecified atom stereocenters. The molecule has 0 atom stereocenters. The molecule has 0 radical (unpaired) electrons. The summed E-state index contributed by atoms with van der Waals surface area (Å²) in [5, 5.41) is 20.5. The molecule has 3 aromatic rings. The van der Waals surface area contributed by atoms with Gasteiger partial charge in [-0.3, -0.25) is 9.89 Å². The summed E-state index contributed by atoms with van der Waals surface area (Å²) in [4.78, 5) is 12.1. The van der Waals surface area contributed by atoms with Crippen LogP contribution in [0.2, 0.25) is 5.02 Å². The minimum atomic E-state index is -0.433. The SMILES string of the molecule is O=C(N/N=C/c1cccc(O)c1)c1cc(-c2ccccc2Cl)n[nH]1. The van der Waals surface area contributed by atoms with E-state index in [9.17, 15) is 9.90 Å². The average Bonchev–Trinajstić information content (AvgIpc) is 3.05. The van der Waals surface area contributed by atoms with Crippen molar-refractivity contribution in [3.8, 4) is 17.0 Å². The number of nitrogens with zero attached hydrogens (tertiary/aromatic N) is 2. The Bertz CT molecular complexity index is 905. The Hall–Kier alpha value is -3.12. The van der Waals surface area contributed by atoms with Gasteiger partial charge in [-0.1, -0.05) is 41.9 Å². The van der Waals surface area contributed by atoms with Crippen LogP contribution in [0.1, 0.15) is 16.1 Å². The second-order valence-corrected chi connectivity index (χ2v) is 5.35. The molecule has 7 heteroatoms. The van der Waals surface area contributed by atoms with Crippen molar-refractivity contribution in [1.82, 2.24) is 15.6 Å². The van der Waals surface area contributed by atoms with Crippen LogP contribution in [-0.2, 0) is 0 Å². The molecule has 0 spiro atoms. The van der Waals surface area contributed by atoms with Gasteiger partial charge in [0.05, 0.1) is 16.9 Å². The van der Waals surface area contributed by atoms with E-state index in [4.69, 9.17) is 11.6 Å². The van der Waals surface area contributed by atoms with Crippen LogP contribution in [0, 0.1) is 0 Å². The molecule has 0 saturated carbocycles. The number of benzene rings is 2. The number of aromatic amines is 1. The molecule has 1 heterocycles.